The van der Waals surface area contributed by atoms with E-state index in [1.54, 1.807) is 11.1 Å². The molecule has 148 valence electrons. The Morgan fingerprint density at radius 3 is 2.71 bits per heavy atom. The number of aromatic nitrogens is 1. The molecule has 5 atom stereocenters. The van der Waals surface area contributed by atoms with Crippen LogP contribution in [0.3, 0.4) is 0 Å². The first kappa shape index (κ1) is 18.1. The molecule has 1 heterocycles. The van der Waals surface area contributed by atoms with Crippen molar-refractivity contribution < 1.29 is 5.21 Å². The fourth-order valence-electron chi connectivity index (χ4n) is 7.66. The second-order valence-corrected chi connectivity index (χ2v) is 10.0. The van der Waals surface area contributed by atoms with E-state index in [1.807, 2.05) is 6.20 Å². The number of hydrogen-bond acceptors (Lipinski definition) is 3. The molecule has 2 saturated carbocycles. The Kier molecular flexibility index (Phi) is 4.08. The second kappa shape index (κ2) is 6.30. The quantitative estimate of drug-likeness (QED) is 0.464. The van der Waals surface area contributed by atoms with E-state index < -0.39 is 0 Å². The largest absolute Gasteiger partial charge is 0.411 e. The summed E-state index contributed by atoms with van der Waals surface area (Å²) in [5.41, 5.74) is 7.25. The minimum absolute atomic E-state index is 0.291. The van der Waals surface area contributed by atoms with Crippen molar-refractivity contribution in [1.29, 1.82) is 0 Å². The molecule has 0 amide bonds. The van der Waals surface area contributed by atoms with Gasteiger partial charge >= 0.3 is 0 Å². The van der Waals surface area contributed by atoms with Gasteiger partial charge in [-0.1, -0.05) is 36.7 Å². The maximum Gasteiger partial charge on any atom is 0.0824 e. The van der Waals surface area contributed by atoms with Gasteiger partial charge in [0, 0.05) is 12.4 Å². The zero-order valence-electron chi connectivity index (χ0n) is 17.4. The molecule has 3 nitrogen and oxygen atoms in total. The van der Waals surface area contributed by atoms with Gasteiger partial charge in [0.05, 0.1) is 5.71 Å². The van der Waals surface area contributed by atoms with Crippen molar-refractivity contribution in [1.82, 2.24) is 4.98 Å². The van der Waals surface area contributed by atoms with Gasteiger partial charge in [0.15, 0.2) is 0 Å². The molecule has 0 aliphatic heterocycles. The maximum atomic E-state index is 9.40. The predicted molar refractivity (Wildman–Crippen MR) is 113 cm³/mol. The highest BCUT2D eigenvalue weighted by Gasteiger charge is 2.57. The fraction of sp³-hybridized carbons (Fsp3) is 0.600. The Bertz CT molecular complexity index is 883. The van der Waals surface area contributed by atoms with Crippen LogP contribution in [0.4, 0.5) is 0 Å². The van der Waals surface area contributed by atoms with Gasteiger partial charge in [-0.05, 0) is 103 Å². The molecule has 3 heteroatoms. The number of pyridine rings is 1. The average molecular weight is 377 g/mol. The van der Waals surface area contributed by atoms with Crippen LogP contribution >= 0.6 is 0 Å². The van der Waals surface area contributed by atoms with Gasteiger partial charge < -0.3 is 5.21 Å². The highest BCUT2D eigenvalue weighted by atomic mass is 16.4. The van der Waals surface area contributed by atoms with Crippen LogP contribution in [0.15, 0.2) is 46.9 Å². The monoisotopic (exact) mass is 376 g/mol. The molecule has 5 rings (SSSR count). The Labute approximate surface area is 168 Å². The molecular weight excluding hydrogens is 344 g/mol. The maximum absolute atomic E-state index is 9.40. The van der Waals surface area contributed by atoms with Crippen LogP contribution in [0.25, 0.3) is 5.57 Å². The Balaban J connectivity index is 1.49. The fourth-order valence-corrected chi connectivity index (χ4v) is 7.66. The number of hydrogen-bond donors (Lipinski definition) is 1. The van der Waals surface area contributed by atoms with Crippen molar-refractivity contribution in [2.75, 3.05) is 0 Å². The van der Waals surface area contributed by atoms with Crippen LogP contribution < -0.4 is 0 Å². The lowest BCUT2D eigenvalue weighted by Crippen LogP contribution is -2.50. The highest BCUT2D eigenvalue weighted by Crippen LogP contribution is 2.67. The van der Waals surface area contributed by atoms with Crippen molar-refractivity contribution in [2.45, 2.75) is 65.7 Å². The van der Waals surface area contributed by atoms with Crippen molar-refractivity contribution >= 4 is 11.3 Å². The van der Waals surface area contributed by atoms with Crippen LogP contribution in [0.1, 0.15) is 71.3 Å². The van der Waals surface area contributed by atoms with Crippen molar-refractivity contribution in [2.24, 2.45) is 33.7 Å². The third-order valence-electron chi connectivity index (χ3n) is 9.11. The van der Waals surface area contributed by atoms with E-state index in [0.29, 0.717) is 10.8 Å². The molecule has 28 heavy (non-hydrogen) atoms. The predicted octanol–water partition coefficient (Wildman–Crippen LogP) is 6.26. The molecular formula is C25H32N2O. The molecule has 0 spiro atoms. The molecule has 2 fully saturated rings. The summed E-state index contributed by atoms with van der Waals surface area (Å²) in [6.07, 6.45) is 14.8. The molecule has 4 aliphatic carbocycles. The normalized spacial score (nSPS) is 41.3. The third-order valence-corrected chi connectivity index (χ3v) is 9.11. The van der Waals surface area contributed by atoms with Gasteiger partial charge in [-0.25, -0.2) is 0 Å². The molecule has 0 bridgehead atoms. The third kappa shape index (κ3) is 2.34. The van der Waals surface area contributed by atoms with Crippen LogP contribution in [0, 0.1) is 28.6 Å². The van der Waals surface area contributed by atoms with E-state index in [4.69, 9.17) is 0 Å². The van der Waals surface area contributed by atoms with Gasteiger partial charge in [-0.15, -0.1) is 0 Å². The van der Waals surface area contributed by atoms with Gasteiger partial charge in [-0.2, -0.15) is 0 Å². The lowest BCUT2D eigenvalue weighted by Gasteiger charge is -2.58. The average Bonchev–Trinajstić information content (AvgIpc) is 3.06. The molecule has 0 saturated heterocycles. The first-order chi connectivity index (χ1) is 13.5. The minimum Gasteiger partial charge on any atom is -0.411 e. The second-order valence-electron chi connectivity index (χ2n) is 10.0. The van der Waals surface area contributed by atoms with E-state index >= 15 is 0 Å². The summed E-state index contributed by atoms with van der Waals surface area (Å²) in [7, 11) is 0. The molecule has 1 aromatic heterocycles. The SMILES string of the molecule is CC1=C2CC[C@@H]3C(CC[C@]4(C)C(c5cccnc5)=CC[C@@H]34)[C@@]2(C)CC/C1=N\O. The van der Waals surface area contributed by atoms with Crippen LogP contribution in [0.2, 0.25) is 0 Å². The topological polar surface area (TPSA) is 45.5 Å². The van der Waals surface area contributed by atoms with E-state index in [9.17, 15) is 5.21 Å². The van der Waals surface area contributed by atoms with Gasteiger partial charge in [0.2, 0.25) is 0 Å². The molecule has 1 aromatic rings. The summed E-state index contributed by atoms with van der Waals surface area (Å²) in [6.45, 7) is 7.23. The summed E-state index contributed by atoms with van der Waals surface area (Å²) in [4.78, 5) is 4.39. The summed E-state index contributed by atoms with van der Waals surface area (Å²) < 4.78 is 0. The number of fused-ring (bicyclic) bond motifs is 5. The minimum atomic E-state index is 0.291. The number of rotatable bonds is 1. The first-order valence-electron chi connectivity index (χ1n) is 11.0. The first-order valence-corrected chi connectivity index (χ1v) is 11.0. The van der Waals surface area contributed by atoms with E-state index in [2.05, 4.69) is 55.3 Å². The van der Waals surface area contributed by atoms with Gasteiger partial charge in [0.1, 0.15) is 0 Å². The van der Waals surface area contributed by atoms with E-state index in [-0.39, 0.29) is 0 Å². The zero-order valence-corrected chi connectivity index (χ0v) is 17.4. The molecule has 0 radical (unpaired) electrons. The van der Waals surface area contributed by atoms with Gasteiger partial charge in [0.25, 0.3) is 0 Å². The van der Waals surface area contributed by atoms with E-state index in [0.717, 1.165) is 36.3 Å². The Morgan fingerprint density at radius 1 is 1.11 bits per heavy atom. The summed E-state index contributed by atoms with van der Waals surface area (Å²) >= 11 is 0. The van der Waals surface area contributed by atoms with Crippen LogP contribution in [-0.4, -0.2) is 15.9 Å². The smallest absolute Gasteiger partial charge is 0.0824 e. The van der Waals surface area contributed by atoms with Crippen molar-refractivity contribution in [3.05, 3.63) is 47.3 Å². The molecule has 0 aromatic carbocycles. The number of oxime groups is 1. The molecule has 1 N–H and O–H groups in total. The van der Waals surface area contributed by atoms with Crippen LogP contribution in [-0.2, 0) is 0 Å². The number of allylic oxidation sites excluding steroid dienone is 4. The van der Waals surface area contributed by atoms with E-state index in [1.165, 1.54) is 43.2 Å². The molecule has 4 aliphatic rings. The lowest BCUT2D eigenvalue weighted by atomic mass is 9.46. The Morgan fingerprint density at radius 2 is 1.96 bits per heavy atom. The molecule has 1 unspecified atom stereocenters. The summed E-state index contributed by atoms with van der Waals surface area (Å²) in [5, 5.41) is 13.0. The summed E-state index contributed by atoms with van der Waals surface area (Å²) in [6, 6.07) is 4.31. The number of nitrogens with zero attached hydrogens (tertiary/aromatic N) is 2. The van der Waals surface area contributed by atoms with Crippen molar-refractivity contribution in [3.63, 3.8) is 0 Å². The highest BCUT2D eigenvalue weighted by molar-refractivity contribution is 6.01. The summed E-state index contributed by atoms with van der Waals surface area (Å²) in [5.74, 6) is 2.33. The zero-order chi connectivity index (χ0) is 19.5. The van der Waals surface area contributed by atoms with Gasteiger partial charge in [-0.3, -0.25) is 4.98 Å². The lowest BCUT2D eigenvalue weighted by molar-refractivity contribution is -0.0196. The standard InChI is InChI=1S/C25H32N2O/c1-16-19-7-6-18-21-9-8-20(17-5-4-14-26-15-17)25(21,3)12-10-22(18)24(19,2)13-11-23(16)27-28/h4-5,8,14-15,18,21-22,28H,6-7,9-13H2,1-3H3/b27-23+/t18-,21-,22?,24-,25+/m0/s1. The Hall–Kier alpha value is -1.90. The van der Waals surface area contributed by atoms with Crippen molar-refractivity contribution in [3.8, 4) is 0 Å². The van der Waals surface area contributed by atoms with Crippen LogP contribution in [0.5, 0.6) is 0 Å².